The van der Waals surface area contributed by atoms with Crippen molar-refractivity contribution >= 4 is 11.6 Å². The molecule has 0 spiro atoms. The van der Waals surface area contributed by atoms with Crippen molar-refractivity contribution in [2.75, 3.05) is 13.1 Å². The smallest absolute Gasteiger partial charge is 0.272 e. The minimum atomic E-state index is 0.0263. The van der Waals surface area contributed by atoms with Crippen LogP contribution in [-0.4, -0.2) is 49.4 Å². The van der Waals surface area contributed by atoms with Crippen LogP contribution in [0.5, 0.6) is 5.88 Å². The molecule has 140 valence electrons. The predicted molar refractivity (Wildman–Crippen MR) is 101 cm³/mol. The van der Waals surface area contributed by atoms with Crippen LogP contribution in [0.1, 0.15) is 40.5 Å². The summed E-state index contributed by atoms with van der Waals surface area (Å²) in [6, 6.07) is 7.61. The van der Waals surface area contributed by atoms with Crippen LogP contribution < -0.4 is 4.74 Å². The number of carbonyl (C=O) groups excluding carboxylic acids is 1. The Kier molecular flexibility index (Phi) is 4.51. The lowest BCUT2D eigenvalue weighted by molar-refractivity contribution is 0.0580. The summed E-state index contributed by atoms with van der Waals surface area (Å²) >= 11 is 0. The molecule has 4 rings (SSSR count). The molecular formula is C20H23N5O2. The molecule has 0 aromatic carbocycles. The summed E-state index contributed by atoms with van der Waals surface area (Å²) in [7, 11) is 0. The molecule has 1 fully saturated rings. The van der Waals surface area contributed by atoms with Crippen molar-refractivity contribution in [2.45, 2.75) is 39.7 Å². The minimum Gasteiger partial charge on any atom is -0.474 e. The number of rotatable bonds is 3. The van der Waals surface area contributed by atoms with E-state index in [0.717, 1.165) is 29.9 Å². The number of ether oxygens (including phenoxy) is 1. The molecule has 0 aliphatic carbocycles. The van der Waals surface area contributed by atoms with Crippen LogP contribution in [0.25, 0.3) is 5.65 Å². The molecule has 0 saturated carbocycles. The lowest BCUT2D eigenvalue weighted by atomic mass is 10.1. The topological polar surface area (TPSA) is 72.6 Å². The van der Waals surface area contributed by atoms with E-state index in [9.17, 15) is 4.79 Å². The van der Waals surface area contributed by atoms with E-state index in [4.69, 9.17) is 4.74 Å². The van der Waals surface area contributed by atoms with Gasteiger partial charge in [-0.2, -0.15) is 4.98 Å². The Labute approximate surface area is 158 Å². The van der Waals surface area contributed by atoms with Crippen molar-refractivity contribution in [3.63, 3.8) is 0 Å². The first-order valence-electron chi connectivity index (χ1n) is 9.23. The molecule has 3 aromatic rings. The molecular weight excluding hydrogens is 342 g/mol. The summed E-state index contributed by atoms with van der Waals surface area (Å²) < 4.78 is 7.89. The Morgan fingerprint density at radius 1 is 1.11 bits per heavy atom. The van der Waals surface area contributed by atoms with Crippen LogP contribution in [0.2, 0.25) is 0 Å². The lowest BCUT2D eigenvalue weighted by Gasteiger charge is -2.32. The molecule has 1 saturated heterocycles. The number of hydrogen-bond acceptors (Lipinski definition) is 5. The van der Waals surface area contributed by atoms with Crippen LogP contribution in [0.15, 0.2) is 30.5 Å². The van der Waals surface area contributed by atoms with Crippen molar-refractivity contribution in [2.24, 2.45) is 0 Å². The third-order valence-electron chi connectivity index (χ3n) is 4.87. The summed E-state index contributed by atoms with van der Waals surface area (Å²) in [5, 5.41) is 0. The summed E-state index contributed by atoms with van der Waals surface area (Å²) in [5.74, 6) is 1.35. The molecule has 1 aliphatic rings. The second kappa shape index (κ2) is 6.98. The van der Waals surface area contributed by atoms with Crippen LogP contribution in [-0.2, 0) is 0 Å². The number of pyridine rings is 1. The summed E-state index contributed by atoms with van der Waals surface area (Å²) in [5.41, 5.74) is 3.10. The monoisotopic (exact) mass is 365 g/mol. The van der Waals surface area contributed by atoms with Crippen LogP contribution >= 0.6 is 0 Å². The number of amides is 1. The van der Waals surface area contributed by atoms with Gasteiger partial charge in [-0.15, -0.1) is 0 Å². The molecule has 0 bridgehead atoms. The molecule has 7 nitrogen and oxygen atoms in total. The highest BCUT2D eigenvalue weighted by Gasteiger charge is 2.28. The van der Waals surface area contributed by atoms with Crippen molar-refractivity contribution in [1.82, 2.24) is 24.3 Å². The highest BCUT2D eigenvalue weighted by molar-refractivity contribution is 5.94. The van der Waals surface area contributed by atoms with Crippen molar-refractivity contribution in [1.29, 1.82) is 0 Å². The van der Waals surface area contributed by atoms with E-state index >= 15 is 0 Å². The van der Waals surface area contributed by atoms with Gasteiger partial charge in [-0.1, -0.05) is 6.07 Å². The molecule has 1 amide bonds. The molecule has 4 heterocycles. The van der Waals surface area contributed by atoms with Crippen molar-refractivity contribution in [3.8, 4) is 5.88 Å². The van der Waals surface area contributed by atoms with Gasteiger partial charge in [0, 0.05) is 43.9 Å². The number of imidazole rings is 1. The number of nitrogens with zero attached hydrogens (tertiary/aromatic N) is 5. The van der Waals surface area contributed by atoms with Crippen LogP contribution in [0, 0.1) is 20.8 Å². The number of likely N-dealkylation sites (tertiary alicyclic amines) is 1. The van der Waals surface area contributed by atoms with E-state index in [1.54, 1.807) is 0 Å². The summed E-state index contributed by atoms with van der Waals surface area (Å²) in [4.78, 5) is 28.1. The minimum absolute atomic E-state index is 0.0263. The first kappa shape index (κ1) is 17.5. The lowest BCUT2D eigenvalue weighted by Crippen LogP contribution is -2.42. The van der Waals surface area contributed by atoms with Gasteiger partial charge in [-0.25, -0.2) is 9.97 Å². The number of hydrogen-bond donors (Lipinski definition) is 0. The molecule has 27 heavy (non-hydrogen) atoms. The average molecular weight is 365 g/mol. The molecule has 0 radical (unpaired) electrons. The Balaban J connectivity index is 1.44. The van der Waals surface area contributed by atoms with Gasteiger partial charge < -0.3 is 9.64 Å². The second-order valence-electron chi connectivity index (χ2n) is 6.98. The van der Waals surface area contributed by atoms with Gasteiger partial charge in [0.2, 0.25) is 5.88 Å². The Hall–Kier alpha value is -2.96. The Morgan fingerprint density at radius 3 is 2.63 bits per heavy atom. The number of aromatic nitrogens is 4. The van der Waals surface area contributed by atoms with Gasteiger partial charge in [-0.3, -0.25) is 9.20 Å². The summed E-state index contributed by atoms with van der Waals surface area (Å²) in [6.07, 6.45) is 3.51. The first-order valence-corrected chi connectivity index (χ1v) is 9.23. The number of carbonyl (C=O) groups is 1. The van der Waals surface area contributed by atoms with E-state index in [2.05, 4.69) is 15.0 Å². The maximum Gasteiger partial charge on any atom is 0.272 e. The van der Waals surface area contributed by atoms with Gasteiger partial charge in [-0.05, 0) is 32.9 Å². The zero-order valence-corrected chi connectivity index (χ0v) is 15.8. The highest BCUT2D eigenvalue weighted by atomic mass is 16.5. The van der Waals surface area contributed by atoms with Gasteiger partial charge in [0.15, 0.2) is 0 Å². The van der Waals surface area contributed by atoms with Gasteiger partial charge in [0.25, 0.3) is 5.91 Å². The van der Waals surface area contributed by atoms with E-state index < -0.39 is 0 Å². The number of piperidine rings is 1. The van der Waals surface area contributed by atoms with Crippen molar-refractivity contribution in [3.05, 3.63) is 53.4 Å². The van der Waals surface area contributed by atoms with Crippen LogP contribution in [0.3, 0.4) is 0 Å². The molecule has 3 aromatic heterocycles. The maximum atomic E-state index is 13.1. The summed E-state index contributed by atoms with van der Waals surface area (Å²) in [6.45, 7) is 6.99. The van der Waals surface area contributed by atoms with E-state index in [-0.39, 0.29) is 12.0 Å². The fraction of sp³-hybridized carbons (Fsp3) is 0.400. The Morgan fingerprint density at radius 2 is 1.89 bits per heavy atom. The van der Waals surface area contributed by atoms with E-state index in [0.29, 0.717) is 30.5 Å². The maximum absolute atomic E-state index is 13.1. The molecule has 0 atom stereocenters. The third-order valence-corrected chi connectivity index (χ3v) is 4.87. The normalized spacial score (nSPS) is 15.3. The zero-order chi connectivity index (χ0) is 19.0. The largest absolute Gasteiger partial charge is 0.474 e. The van der Waals surface area contributed by atoms with Gasteiger partial charge in [0.05, 0.1) is 5.69 Å². The SMILES string of the molecule is Cc1cc(OC2CCN(C(=O)c3c(C)nc4ccccn34)CC2)nc(C)n1. The predicted octanol–water partition coefficient (Wildman–Crippen LogP) is 2.73. The molecule has 0 N–H and O–H groups in total. The number of fused-ring (bicyclic) bond motifs is 1. The molecule has 7 heteroatoms. The van der Waals surface area contributed by atoms with Crippen molar-refractivity contribution < 1.29 is 9.53 Å². The van der Waals surface area contributed by atoms with Crippen LogP contribution in [0.4, 0.5) is 0 Å². The Bertz CT molecular complexity index is 969. The van der Waals surface area contributed by atoms with Gasteiger partial charge in [0.1, 0.15) is 23.3 Å². The number of aryl methyl sites for hydroxylation is 3. The van der Waals surface area contributed by atoms with Gasteiger partial charge >= 0.3 is 0 Å². The van der Waals surface area contributed by atoms with E-state index in [1.807, 2.05) is 60.5 Å². The quantitative estimate of drug-likeness (QED) is 0.714. The second-order valence-corrected chi connectivity index (χ2v) is 6.98. The molecule has 0 unspecified atom stereocenters. The first-order chi connectivity index (χ1) is 13.0. The van der Waals surface area contributed by atoms with E-state index in [1.165, 1.54) is 0 Å². The standard InChI is InChI=1S/C20H23N5O2/c1-13-12-18(23-15(3)21-13)27-16-7-10-24(11-8-16)20(26)19-14(2)22-17-6-4-5-9-25(17)19/h4-6,9,12,16H,7-8,10-11H2,1-3H3. The highest BCUT2D eigenvalue weighted by Crippen LogP contribution is 2.21. The average Bonchev–Trinajstić information content (AvgIpc) is 2.96. The molecule has 1 aliphatic heterocycles. The zero-order valence-electron chi connectivity index (χ0n) is 15.8. The fourth-order valence-corrected chi connectivity index (χ4v) is 3.61. The fourth-order valence-electron chi connectivity index (χ4n) is 3.61. The third kappa shape index (κ3) is 3.49.